The summed E-state index contributed by atoms with van der Waals surface area (Å²) in [5.41, 5.74) is -0.528. The van der Waals surface area contributed by atoms with Gasteiger partial charge in [-0.2, -0.15) is 0 Å². The van der Waals surface area contributed by atoms with Gasteiger partial charge in [-0.25, -0.2) is 0 Å². The maximum absolute atomic E-state index is 10.5. The fourth-order valence-electron chi connectivity index (χ4n) is 2.90. The van der Waals surface area contributed by atoms with Gasteiger partial charge in [-0.05, 0) is 25.7 Å². The molecule has 0 atom stereocenters. The Hall–Kier alpha value is -0.120. The van der Waals surface area contributed by atoms with E-state index in [0.717, 1.165) is 45.1 Å². The van der Waals surface area contributed by atoms with Gasteiger partial charge in [0.1, 0.15) is 0 Å². The molecule has 3 heteroatoms. The molecule has 1 saturated carbocycles. The predicted octanol–water partition coefficient (Wildman–Crippen LogP) is 2.46. The molecule has 0 radical (unpaired) electrons. The number of nitrogens with one attached hydrogen (secondary N) is 1. The standard InChI is InChI=1S/C15H31NO2/c1-3-14(4-2,13-17)11-16-12-15(18)9-7-5-6-8-10-15/h16-18H,3-13H2,1-2H3. The van der Waals surface area contributed by atoms with Gasteiger partial charge in [-0.1, -0.05) is 39.5 Å². The summed E-state index contributed by atoms with van der Waals surface area (Å²) in [6.07, 6.45) is 8.60. The van der Waals surface area contributed by atoms with Crippen molar-refractivity contribution in [1.82, 2.24) is 5.32 Å². The van der Waals surface area contributed by atoms with Crippen LogP contribution in [0.25, 0.3) is 0 Å². The van der Waals surface area contributed by atoms with Crippen molar-refractivity contribution >= 4 is 0 Å². The third-order valence-corrected chi connectivity index (χ3v) is 4.82. The molecule has 1 aliphatic carbocycles. The van der Waals surface area contributed by atoms with Gasteiger partial charge < -0.3 is 15.5 Å². The summed E-state index contributed by atoms with van der Waals surface area (Å²) in [5.74, 6) is 0. The molecule has 0 amide bonds. The van der Waals surface area contributed by atoms with E-state index in [4.69, 9.17) is 0 Å². The molecule has 3 N–H and O–H groups in total. The lowest BCUT2D eigenvalue weighted by Crippen LogP contribution is -2.45. The monoisotopic (exact) mass is 257 g/mol. The van der Waals surface area contributed by atoms with Crippen LogP contribution in [-0.2, 0) is 0 Å². The van der Waals surface area contributed by atoms with Crippen LogP contribution < -0.4 is 5.32 Å². The van der Waals surface area contributed by atoms with Gasteiger partial charge in [0.2, 0.25) is 0 Å². The van der Waals surface area contributed by atoms with Gasteiger partial charge in [0.05, 0.1) is 5.60 Å². The van der Waals surface area contributed by atoms with E-state index in [1.807, 2.05) is 0 Å². The molecule has 18 heavy (non-hydrogen) atoms. The Balaban J connectivity index is 2.39. The topological polar surface area (TPSA) is 52.5 Å². The molecule has 0 bridgehead atoms. The molecule has 0 unspecified atom stereocenters. The molecule has 0 aliphatic heterocycles. The Morgan fingerprint density at radius 2 is 1.61 bits per heavy atom. The molecule has 0 heterocycles. The van der Waals surface area contributed by atoms with Gasteiger partial charge in [0, 0.05) is 25.1 Å². The first kappa shape index (κ1) is 15.9. The van der Waals surface area contributed by atoms with Crippen molar-refractivity contribution in [2.24, 2.45) is 5.41 Å². The smallest absolute Gasteiger partial charge is 0.0771 e. The minimum atomic E-state index is -0.515. The van der Waals surface area contributed by atoms with Crippen LogP contribution in [0.3, 0.4) is 0 Å². The van der Waals surface area contributed by atoms with E-state index in [9.17, 15) is 10.2 Å². The van der Waals surface area contributed by atoms with Crippen LogP contribution in [0.4, 0.5) is 0 Å². The molecule has 1 fully saturated rings. The maximum Gasteiger partial charge on any atom is 0.0771 e. The minimum absolute atomic E-state index is 0.0128. The first-order chi connectivity index (χ1) is 8.60. The third-order valence-electron chi connectivity index (χ3n) is 4.82. The molecular weight excluding hydrogens is 226 g/mol. The average molecular weight is 257 g/mol. The number of rotatable bonds is 7. The second-order valence-corrected chi connectivity index (χ2v) is 6.11. The van der Waals surface area contributed by atoms with E-state index in [2.05, 4.69) is 19.2 Å². The van der Waals surface area contributed by atoms with Gasteiger partial charge in [0.25, 0.3) is 0 Å². The Kier molecular flexibility index (Phi) is 6.61. The number of hydrogen-bond acceptors (Lipinski definition) is 3. The molecule has 108 valence electrons. The van der Waals surface area contributed by atoms with Crippen molar-refractivity contribution in [3.8, 4) is 0 Å². The lowest BCUT2D eigenvalue weighted by molar-refractivity contribution is 0.0192. The van der Waals surface area contributed by atoms with Crippen LogP contribution in [0.2, 0.25) is 0 Å². The normalized spacial score (nSPS) is 20.7. The highest BCUT2D eigenvalue weighted by Gasteiger charge is 2.30. The van der Waals surface area contributed by atoms with E-state index in [1.54, 1.807) is 0 Å². The van der Waals surface area contributed by atoms with Gasteiger partial charge in [-0.3, -0.25) is 0 Å². The Labute approximate surface area is 112 Å². The summed E-state index contributed by atoms with van der Waals surface area (Å²) in [6, 6.07) is 0. The molecule has 0 aromatic rings. The molecule has 0 spiro atoms. The quantitative estimate of drug-likeness (QED) is 0.614. The Bertz CT molecular complexity index is 210. The summed E-state index contributed by atoms with van der Waals surface area (Å²) < 4.78 is 0. The van der Waals surface area contributed by atoms with Crippen LogP contribution >= 0.6 is 0 Å². The van der Waals surface area contributed by atoms with Crippen molar-refractivity contribution in [2.45, 2.75) is 70.8 Å². The fraction of sp³-hybridized carbons (Fsp3) is 1.00. The number of aliphatic hydroxyl groups is 2. The molecule has 1 aliphatic rings. The predicted molar refractivity (Wildman–Crippen MR) is 75.6 cm³/mol. The highest BCUT2D eigenvalue weighted by Crippen LogP contribution is 2.28. The average Bonchev–Trinajstić information content (AvgIpc) is 2.61. The van der Waals surface area contributed by atoms with Crippen LogP contribution in [0, 0.1) is 5.41 Å². The van der Waals surface area contributed by atoms with Gasteiger partial charge >= 0.3 is 0 Å². The van der Waals surface area contributed by atoms with Gasteiger partial charge in [0.15, 0.2) is 0 Å². The Morgan fingerprint density at radius 3 is 2.06 bits per heavy atom. The minimum Gasteiger partial charge on any atom is -0.396 e. The van der Waals surface area contributed by atoms with Crippen LogP contribution in [0.1, 0.15) is 65.2 Å². The first-order valence-electron chi connectivity index (χ1n) is 7.64. The molecular formula is C15H31NO2. The second kappa shape index (κ2) is 7.46. The summed E-state index contributed by atoms with van der Waals surface area (Å²) in [6.45, 7) is 5.96. The third kappa shape index (κ3) is 4.52. The molecule has 1 rings (SSSR count). The molecule has 0 aromatic heterocycles. The van der Waals surface area contributed by atoms with Crippen LogP contribution in [0.5, 0.6) is 0 Å². The van der Waals surface area contributed by atoms with E-state index >= 15 is 0 Å². The number of aliphatic hydroxyl groups excluding tert-OH is 1. The largest absolute Gasteiger partial charge is 0.396 e. The van der Waals surface area contributed by atoms with E-state index < -0.39 is 5.60 Å². The van der Waals surface area contributed by atoms with Crippen molar-refractivity contribution in [2.75, 3.05) is 19.7 Å². The van der Waals surface area contributed by atoms with E-state index in [0.29, 0.717) is 6.54 Å². The van der Waals surface area contributed by atoms with Crippen molar-refractivity contribution in [3.63, 3.8) is 0 Å². The highest BCUT2D eigenvalue weighted by atomic mass is 16.3. The van der Waals surface area contributed by atoms with Crippen molar-refractivity contribution in [3.05, 3.63) is 0 Å². The number of hydrogen-bond donors (Lipinski definition) is 3. The zero-order valence-electron chi connectivity index (χ0n) is 12.2. The summed E-state index contributed by atoms with van der Waals surface area (Å²) >= 11 is 0. The Morgan fingerprint density at radius 1 is 1.06 bits per heavy atom. The van der Waals surface area contributed by atoms with Crippen LogP contribution in [-0.4, -0.2) is 35.5 Å². The van der Waals surface area contributed by atoms with Crippen LogP contribution in [0.15, 0.2) is 0 Å². The van der Waals surface area contributed by atoms with Gasteiger partial charge in [-0.15, -0.1) is 0 Å². The summed E-state index contributed by atoms with van der Waals surface area (Å²) in [4.78, 5) is 0. The summed E-state index contributed by atoms with van der Waals surface area (Å²) in [7, 11) is 0. The SMILES string of the molecule is CCC(CC)(CO)CNCC1(O)CCCCCC1. The first-order valence-corrected chi connectivity index (χ1v) is 7.64. The maximum atomic E-state index is 10.5. The lowest BCUT2D eigenvalue weighted by atomic mass is 9.83. The van der Waals surface area contributed by atoms with E-state index in [-0.39, 0.29) is 12.0 Å². The van der Waals surface area contributed by atoms with E-state index in [1.165, 1.54) is 12.8 Å². The fourth-order valence-corrected chi connectivity index (χ4v) is 2.90. The molecule has 3 nitrogen and oxygen atoms in total. The zero-order chi connectivity index (χ0) is 13.5. The highest BCUT2D eigenvalue weighted by molar-refractivity contribution is 4.85. The summed E-state index contributed by atoms with van der Waals surface area (Å²) in [5, 5.41) is 23.5. The second-order valence-electron chi connectivity index (χ2n) is 6.11. The zero-order valence-corrected chi connectivity index (χ0v) is 12.2. The molecule has 0 aromatic carbocycles. The van der Waals surface area contributed by atoms with Crippen molar-refractivity contribution < 1.29 is 10.2 Å². The lowest BCUT2D eigenvalue weighted by Gasteiger charge is -2.33. The van der Waals surface area contributed by atoms with Crippen molar-refractivity contribution in [1.29, 1.82) is 0 Å². The molecule has 0 saturated heterocycles.